The molecule has 4 rings (SSSR count). The molecule has 2 aromatic rings. The summed E-state index contributed by atoms with van der Waals surface area (Å²) in [5.41, 5.74) is 3.09. The van der Waals surface area contributed by atoms with E-state index in [-0.39, 0.29) is 11.8 Å². The van der Waals surface area contributed by atoms with E-state index in [1.807, 2.05) is 48.5 Å². The van der Waals surface area contributed by atoms with Gasteiger partial charge in [0.2, 0.25) is 5.91 Å². The molecule has 0 aliphatic carbocycles. The summed E-state index contributed by atoms with van der Waals surface area (Å²) < 4.78 is 5.67. The summed E-state index contributed by atoms with van der Waals surface area (Å²) >= 11 is 0. The molecule has 1 N–H and O–H groups in total. The van der Waals surface area contributed by atoms with Crippen molar-refractivity contribution in [1.29, 1.82) is 0 Å². The highest BCUT2D eigenvalue weighted by Crippen LogP contribution is 2.36. The van der Waals surface area contributed by atoms with E-state index in [0.717, 1.165) is 28.9 Å². The molecule has 26 heavy (non-hydrogen) atoms. The Morgan fingerprint density at radius 1 is 1.08 bits per heavy atom. The van der Waals surface area contributed by atoms with Crippen molar-refractivity contribution >= 4 is 11.9 Å². The van der Waals surface area contributed by atoms with E-state index >= 15 is 0 Å². The number of fused-ring (bicyclic) bond motifs is 2. The van der Waals surface area contributed by atoms with Crippen LogP contribution in [-0.4, -0.2) is 34.5 Å². The number of carbonyl (C=O) groups is 2. The summed E-state index contributed by atoms with van der Waals surface area (Å²) in [5.74, 6) is -0.150. The lowest BCUT2D eigenvalue weighted by atomic mass is 9.88. The van der Waals surface area contributed by atoms with Crippen LogP contribution in [0.5, 0.6) is 5.75 Å². The number of carboxylic acid groups (broad SMARTS) is 1. The van der Waals surface area contributed by atoms with Crippen LogP contribution < -0.4 is 4.74 Å². The molecule has 2 aliphatic heterocycles. The van der Waals surface area contributed by atoms with Crippen LogP contribution in [0.2, 0.25) is 0 Å². The van der Waals surface area contributed by atoms with Crippen molar-refractivity contribution in [2.45, 2.75) is 37.8 Å². The van der Waals surface area contributed by atoms with Crippen molar-refractivity contribution in [3.63, 3.8) is 0 Å². The number of amides is 1. The molecule has 0 bridgehead atoms. The third kappa shape index (κ3) is 3.05. The van der Waals surface area contributed by atoms with Crippen LogP contribution in [0.3, 0.4) is 0 Å². The largest absolute Gasteiger partial charge is 0.493 e. The second-order valence-corrected chi connectivity index (χ2v) is 6.92. The third-order valence-electron chi connectivity index (χ3n) is 5.36. The lowest BCUT2D eigenvalue weighted by molar-refractivity contribution is -0.151. The van der Waals surface area contributed by atoms with Gasteiger partial charge in [0.1, 0.15) is 11.8 Å². The summed E-state index contributed by atoms with van der Waals surface area (Å²) in [6.07, 6.45) is 1.44. The van der Waals surface area contributed by atoms with Crippen molar-refractivity contribution < 1.29 is 19.4 Å². The molecule has 2 aromatic carbocycles. The number of benzene rings is 2. The van der Waals surface area contributed by atoms with Crippen LogP contribution >= 0.6 is 0 Å². The van der Waals surface area contributed by atoms with Gasteiger partial charge in [-0.2, -0.15) is 0 Å². The topological polar surface area (TPSA) is 66.8 Å². The average molecular weight is 351 g/mol. The van der Waals surface area contributed by atoms with E-state index in [2.05, 4.69) is 0 Å². The van der Waals surface area contributed by atoms with Crippen molar-refractivity contribution in [2.75, 3.05) is 6.61 Å². The molecule has 134 valence electrons. The number of nitrogens with zero attached hydrogens (tertiary/aromatic N) is 1. The lowest BCUT2D eigenvalue weighted by Crippen LogP contribution is -2.49. The van der Waals surface area contributed by atoms with Gasteiger partial charge in [-0.1, -0.05) is 42.5 Å². The Kier molecular flexibility index (Phi) is 4.37. The quantitative estimate of drug-likeness (QED) is 0.923. The average Bonchev–Trinajstić information content (AvgIpc) is 2.67. The van der Waals surface area contributed by atoms with Gasteiger partial charge >= 0.3 is 5.97 Å². The number of hydrogen-bond donors (Lipinski definition) is 1. The van der Waals surface area contributed by atoms with Gasteiger partial charge in [0, 0.05) is 19.4 Å². The van der Waals surface area contributed by atoms with Crippen LogP contribution in [0.25, 0.3) is 0 Å². The number of aliphatic carboxylic acids is 1. The summed E-state index contributed by atoms with van der Waals surface area (Å²) in [5, 5.41) is 9.63. The Balaban J connectivity index is 1.57. The predicted octanol–water partition coefficient (Wildman–Crippen LogP) is 2.98. The Morgan fingerprint density at radius 2 is 1.81 bits per heavy atom. The van der Waals surface area contributed by atoms with Gasteiger partial charge in [-0.25, -0.2) is 4.79 Å². The fourth-order valence-corrected chi connectivity index (χ4v) is 3.96. The van der Waals surface area contributed by atoms with Gasteiger partial charge in [-0.05, 0) is 35.1 Å². The second kappa shape index (κ2) is 6.83. The molecule has 0 saturated heterocycles. The molecular formula is C21H21NO4. The highest BCUT2D eigenvalue weighted by molar-refractivity contribution is 5.85. The van der Waals surface area contributed by atoms with Crippen LogP contribution in [0.1, 0.15) is 35.4 Å². The highest BCUT2D eigenvalue weighted by atomic mass is 16.5. The third-order valence-corrected chi connectivity index (χ3v) is 5.36. The molecular weight excluding hydrogens is 330 g/mol. The molecule has 0 aromatic heterocycles. The summed E-state index contributed by atoms with van der Waals surface area (Å²) in [6, 6.07) is 14.7. The van der Waals surface area contributed by atoms with Crippen LogP contribution in [0.4, 0.5) is 0 Å². The Morgan fingerprint density at radius 3 is 2.62 bits per heavy atom. The molecule has 0 fully saturated rings. The zero-order valence-corrected chi connectivity index (χ0v) is 14.4. The fraction of sp³-hybridized carbons (Fsp3) is 0.333. The number of carboxylic acids is 1. The Hall–Kier alpha value is -2.82. The SMILES string of the molecule is O=C(O)[C@@H]1Cc2ccccc2CN1C(=O)C[C@@H]1CCOc2ccccc21. The van der Waals surface area contributed by atoms with Crippen LogP contribution in [0.15, 0.2) is 48.5 Å². The lowest BCUT2D eigenvalue weighted by Gasteiger charge is -2.36. The zero-order chi connectivity index (χ0) is 18.1. The molecule has 0 radical (unpaired) electrons. The fourth-order valence-electron chi connectivity index (χ4n) is 3.96. The van der Waals surface area contributed by atoms with Gasteiger partial charge in [0.25, 0.3) is 0 Å². The smallest absolute Gasteiger partial charge is 0.326 e. The van der Waals surface area contributed by atoms with E-state index in [0.29, 0.717) is 26.0 Å². The summed E-state index contributed by atoms with van der Waals surface area (Å²) in [6.45, 7) is 0.941. The molecule has 0 saturated carbocycles. The normalized spacial score (nSPS) is 21.3. The number of ether oxygens (including phenoxy) is 1. The minimum atomic E-state index is -0.944. The number of rotatable bonds is 3. The van der Waals surface area contributed by atoms with Crippen LogP contribution in [-0.2, 0) is 22.6 Å². The number of hydrogen-bond acceptors (Lipinski definition) is 3. The molecule has 5 heteroatoms. The predicted molar refractivity (Wildman–Crippen MR) is 96.0 cm³/mol. The van der Waals surface area contributed by atoms with E-state index < -0.39 is 12.0 Å². The van der Waals surface area contributed by atoms with Crippen LogP contribution in [0, 0.1) is 0 Å². The first-order chi connectivity index (χ1) is 12.6. The first-order valence-corrected chi connectivity index (χ1v) is 8.94. The first-order valence-electron chi connectivity index (χ1n) is 8.94. The highest BCUT2D eigenvalue weighted by Gasteiger charge is 2.36. The maximum atomic E-state index is 13.0. The van der Waals surface area contributed by atoms with Gasteiger partial charge in [-0.15, -0.1) is 0 Å². The molecule has 2 heterocycles. The summed E-state index contributed by atoms with van der Waals surface area (Å²) in [4.78, 5) is 26.3. The molecule has 5 nitrogen and oxygen atoms in total. The van der Waals surface area contributed by atoms with Crippen molar-refractivity contribution in [1.82, 2.24) is 4.90 Å². The molecule has 1 amide bonds. The molecule has 2 aliphatic rings. The van der Waals surface area contributed by atoms with Gasteiger partial charge in [0.05, 0.1) is 6.61 Å². The van der Waals surface area contributed by atoms with E-state index in [1.165, 1.54) is 4.90 Å². The van der Waals surface area contributed by atoms with Gasteiger partial charge in [-0.3, -0.25) is 4.79 Å². The van der Waals surface area contributed by atoms with Gasteiger partial charge < -0.3 is 14.7 Å². The van der Waals surface area contributed by atoms with Gasteiger partial charge in [0.15, 0.2) is 0 Å². The minimum absolute atomic E-state index is 0.0686. The van der Waals surface area contributed by atoms with E-state index in [9.17, 15) is 14.7 Å². The van der Waals surface area contributed by atoms with Crippen molar-refractivity contribution in [3.05, 3.63) is 65.2 Å². The Labute approximate surface area is 152 Å². The standard InChI is InChI=1S/C21H21NO4/c23-20(12-15-9-10-26-19-8-4-3-7-17(15)19)22-13-16-6-2-1-5-14(16)11-18(22)21(24)25/h1-8,15,18H,9-13H2,(H,24,25)/t15-,18-/m0/s1. The molecule has 0 unspecified atom stereocenters. The maximum Gasteiger partial charge on any atom is 0.326 e. The summed E-state index contributed by atoms with van der Waals surface area (Å²) in [7, 11) is 0. The maximum absolute atomic E-state index is 13.0. The molecule has 2 atom stereocenters. The monoisotopic (exact) mass is 351 g/mol. The zero-order valence-electron chi connectivity index (χ0n) is 14.4. The van der Waals surface area contributed by atoms with E-state index in [1.54, 1.807) is 0 Å². The first kappa shape index (κ1) is 16.6. The Bertz CT molecular complexity index is 847. The van der Waals surface area contributed by atoms with Crippen molar-refractivity contribution in [2.24, 2.45) is 0 Å². The minimum Gasteiger partial charge on any atom is -0.493 e. The number of carbonyl (C=O) groups excluding carboxylic acids is 1. The molecule has 0 spiro atoms. The number of para-hydroxylation sites is 1. The van der Waals surface area contributed by atoms with Crippen molar-refractivity contribution in [3.8, 4) is 5.75 Å². The second-order valence-electron chi connectivity index (χ2n) is 6.92. The van der Waals surface area contributed by atoms with E-state index in [4.69, 9.17) is 4.74 Å².